The first-order chi connectivity index (χ1) is 11.5. The first-order valence-corrected chi connectivity index (χ1v) is 8.22. The normalized spacial score (nSPS) is 13.7. The molecule has 1 saturated heterocycles. The fraction of sp³-hybridized carbons (Fsp3) is 0.438. The summed E-state index contributed by atoms with van der Waals surface area (Å²) in [5, 5.41) is 14.4. The van der Waals surface area contributed by atoms with Crippen LogP contribution in [0.3, 0.4) is 0 Å². The van der Waals surface area contributed by atoms with Gasteiger partial charge in [0.05, 0.1) is 10.7 Å². The molecule has 7 nitrogen and oxygen atoms in total. The molecule has 1 aliphatic rings. The van der Waals surface area contributed by atoms with Crippen LogP contribution in [0.2, 0.25) is 5.02 Å². The van der Waals surface area contributed by atoms with Crippen LogP contribution in [0, 0.1) is 0 Å². The number of halogens is 1. The molecule has 0 atom stereocenters. The van der Waals surface area contributed by atoms with E-state index in [1.54, 1.807) is 18.2 Å². The highest BCUT2D eigenvalue weighted by Gasteiger charge is 2.24. The lowest BCUT2D eigenvalue weighted by molar-refractivity contribution is -0.137. The van der Waals surface area contributed by atoms with Gasteiger partial charge in [0.15, 0.2) is 0 Å². The number of hydrogen-bond acceptors (Lipinski definition) is 3. The first-order valence-electron chi connectivity index (χ1n) is 7.84. The zero-order valence-corrected chi connectivity index (χ0v) is 13.9. The van der Waals surface area contributed by atoms with Gasteiger partial charge in [-0.1, -0.05) is 18.0 Å². The summed E-state index contributed by atoms with van der Waals surface area (Å²) in [4.78, 5) is 35.8. The van der Waals surface area contributed by atoms with Crippen molar-refractivity contribution >= 4 is 35.2 Å². The zero-order valence-electron chi connectivity index (χ0n) is 13.2. The van der Waals surface area contributed by atoms with E-state index in [2.05, 4.69) is 10.6 Å². The molecule has 1 aromatic rings. The van der Waals surface area contributed by atoms with Crippen LogP contribution in [0.15, 0.2) is 18.2 Å². The maximum absolute atomic E-state index is 12.2. The fourth-order valence-electron chi connectivity index (χ4n) is 2.44. The number of hydrogen-bond donors (Lipinski definition) is 3. The Kier molecular flexibility index (Phi) is 6.43. The molecule has 0 aliphatic carbocycles. The summed E-state index contributed by atoms with van der Waals surface area (Å²) in [5.74, 6) is -1.05. The molecule has 8 heteroatoms. The largest absolute Gasteiger partial charge is 0.481 e. The molecule has 0 radical (unpaired) electrons. The second kappa shape index (κ2) is 8.54. The Morgan fingerprint density at radius 3 is 2.75 bits per heavy atom. The Labute approximate surface area is 145 Å². The van der Waals surface area contributed by atoms with Crippen molar-refractivity contribution in [2.45, 2.75) is 25.7 Å². The Balaban J connectivity index is 1.88. The molecule has 2 rings (SSSR count). The molecular formula is C16H20ClN3O4. The number of nitrogens with zero attached hydrogens (tertiary/aromatic N) is 1. The molecule has 0 saturated carbocycles. The van der Waals surface area contributed by atoms with Crippen LogP contribution >= 0.6 is 11.6 Å². The van der Waals surface area contributed by atoms with Crippen LogP contribution in [0.25, 0.3) is 0 Å². The summed E-state index contributed by atoms with van der Waals surface area (Å²) in [6, 6.07) is 4.59. The predicted molar refractivity (Wildman–Crippen MR) is 90.6 cm³/mol. The molecule has 1 fully saturated rings. The summed E-state index contributed by atoms with van der Waals surface area (Å²) in [5.41, 5.74) is 0.945. The molecule has 3 amide bonds. The number of benzene rings is 1. The Morgan fingerprint density at radius 1 is 1.29 bits per heavy atom. The lowest BCUT2D eigenvalue weighted by atomic mass is 10.1. The van der Waals surface area contributed by atoms with E-state index in [4.69, 9.17) is 16.7 Å². The number of carbonyl (C=O) groups is 3. The molecule has 1 aliphatic heterocycles. The number of amides is 3. The third-order valence-corrected chi connectivity index (χ3v) is 4.03. The van der Waals surface area contributed by atoms with Gasteiger partial charge in [0.25, 0.3) is 5.91 Å². The number of urea groups is 1. The number of anilines is 1. The standard InChI is InChI=1S/C16H20ClN3O4/c17-12-6-5-11(10-13(12)20-9-8-19-16(20)24)15(23)18-7-3-1-2-4-14(21)22/h5-6,10H,1-4,7-9H2,(H,18,23)(H,19,24)(H,21,22). The molecule has 1 aromatic carbocycles. The number of nitrogens with one attached hydrogen (secondary N) is 2. The van der Waals surface area contributed by atoms with E-state index in [-0.39, 0.29) is 18.4 Å². The molecule has 0 unspecified atom stereocenters. The van der Waals surface area contributed by atoms with Gasteiger partial charge in [0.2, 0.25) is 0 Å². The van der Waals surface area contributed by atoms with Crippen molar-refractivity contribution in [1.29, 1.82) is 0 Å². The smallest absolute Gasteiger partial charge is 0.322 e. The number of aliphatic carboxylic acids is 1. The van der Waals surface area contributed by atoms with Crippen molar-refractivity contribution in [2.75, 3.05) is 24.5 Å². The summed E-state index contributed by atoms with van der Waals surface area (Å²) >= 11 is 6.13. The van der Waals surface area contributed by atoms with E-state index in [9.17, 15) is 14.4 Å². The zero-order chi connectivity index (χ0) is 17.5. The quantitative estimate of drug-likeness (QED) is 0.624. The average molecular weight is 354 g/mol. The Morgan fingerprint density at radius 2 is 2.08 bits per heavy atom. The molecule has 24 heavy (non-hydrogen) atoms. The van der Waals surface area contributed by atoms with Gasteiger partial charge in [0.1, 0.15) is 0 Å². The maximum atomic E-state index is 12.2. The molecule has 0 aromatic heterocycles. The summed E-state index contributed by atoms with van der Waals surface area (Å²) < 4.78 is 0. The monoisotopic (exact) mass is 353 g/mol. The molecule has 3 N–H and O–H groups in total. The lowest BCUT2D eigenvalue weighted by Crippen LogP contribution is -2.29. The van der Waals surface area contributed by atoms with Crippen molar-refractivity contribution in [3.8, 4) is 0 Å². The maximum Gasteiger partial charge on any atom is 0.322 e. The van der Waals surface area contributed by atoms with Gasteiger partial charge in [-0.15, -0.1) is 0 Å². The molecule has 0 spiro atoms. The van der Waals surface area contributed by atoms with Crippen molar-refractivity contribution < 1.29 is 19.5 Å². The highest BCUT2D eigenvalue weighted by Crippen LogP contribution is 2.28. The van der Waals surface area contributed by atoms with E-state index in [0.717, 1.165) is 6.42 Å². The van der Waals surface area contributed by atoms with E-state index >= 15 is 0 Å². The van der Waals surface area contributed by atoms with Gasteiger partial charge in [-0.3, -0.25) is 14.5 Å². The second-order valence-electron chi connectivity index (χ2n) is 5.51. The summed E-state index contributed by atoms with van der Waals surface area (Å²) in [6.45, 7) is 1.52. The van der Waals surface area contributed by atoms with Crippen LogP contribution in [-0.4, -0.2) is 42.6 Å². The topological polar surface area (TPSA) is 98.7 Å². The number of carboxylic acids is 1. The van der Waals surface area contributed by atoms with E-state index in [1.807, 2.05) is 0 Å². The number of rotatable bonds is 8. The van der Waals surface area contributed by atoms with Crippen molar-refractivity contribution in [3.05, 3.63) is 28.8 Å². The van der Waals surface area contributed by atoms with Crippen molar-refractivity contribution in [2.24, 2.45) is 0 Å². The third kappa shape index (κ3) is 4.86. The van der Waals surface area contributed by atoms with E-state index < -0.39 is 5.97 Å². The second-order valence-corrected chi connectivity index (χ2v) is 5.92. The van der Waals surface area contributed by atoms with E-state index in [1.165, 1.54) is 4.90 Å². The van der Waals surface area contributed by atoms with Gasteiger partial charge < -0.3 is 15.7 Å². The van der Waals surface area contributed by atoms with E-state index in [0.29, 0.717) is 48.7 Å². The minimum atomic E-state index is -0.807. The lowest BCUT2D eigenvalue weighted by Gasteiger charge is -2.17. The van der Waals surface area contributed by atoms with Crippen LogP contribution in [0.5, 0.6) is 0 Å². The van der Waals surface area contributed by atoms with Gasteiger partial charge in [-0.05, 0) is 31.0 Å². The fourth-order valence-corrected chi connectivity index (χ4v) is 2.66. The number of carbonyl (C=O) groups excluding carboxylic acids is 2. The van der Waals surface area contributed by atoms with Gasteiger partial charge in [-0.2, -0.15) is 0 Å². The van der Waals surface area contributed by atoms with Crippen molar-refractivity contribution in [1.82, 2.24) is 10.6 Å². The minimum Gasteiger partial charge on any atom is -0.481 e. The number of carboxylic acid groups (broad SMARTS) is 1. The molecule has 130 valence electrons. The summed E-state index contributed by atoms with van der Waals surface area (Å²) in [7, 11) is 0. The third-order valence-electron chi connectivity index (χ3n) is 3.71. The van der Waals surface area contributed by atoms with Crippen LogP contribution in [0.4, 0.5) is 10.5 Å². The molecule has 1 heterocycles. The Bertz CT molecular complexity index is 636. The van der Waals surface area contributed by atoms with Gasteiger partial charge >= 0.3 is 12.0 Å². The van der Waals surface area contributed by atoms with Crippen LogP contribution in [0.1, 0.15) is 36.0 Å². The highest BCUT2D eigenvalue weighted by molar-refractivity contribution is 6.34. The highest BCUT2D eigenvalue weighted by atomic mass is 35.5. The van der Waals surface area contributed by atoms with Crippen molar-refractivity contribution in [3.63, 3.8) is 0 Å². The van der Waals surface area contributed by atoms with Crippen LogP contribution < -0.4 is 15.5 Å². The minimum absolute atomic E-state index is 0.145. The predicted octanol–water partition coefficient (Wildman–Crippen LogP) is 2.24. The number of unbranched alkanes of at least 4 members (excludes halogenated alkanes) is 2. The first kappa shape index (κ1) is 18.1. The van der Waals surface area contributed by atoms with Gasteiger partial charge in [0, 0.05) is 31.6 Å². The molecular weight excluding hydrogens is 334 g/mol. The SMILES string of the molecule is O=C(O)CCCCCNC(=O)c1ccc(Cl)c(N2CCNC2=O)c1. The van der Waals surface area contributed by atoms with Gasteiger partial charge in [-0.25, -0.2) is 4.79 Å². The Hall–Kier alpha value is -2.28. The molecule has 0 bridgehead atoms. The summed E-state index contributed by atoms with van der Waals surface area (Å²) in [6.07, 6.45) is 2.20. The average Bonchev–Trinajstić information content (AvgIpc) is 2.96. The van der Waals surface area contributed by atoms with Crippen LogP contribution in [-0.2, 0) is 4.79 Å².